The van der Waals surface area contributed by atoms with Crippen LogP contribution in [0.5, 0.6) is 5.75 Å². The lowest BCUT2D eigenvalue weighted by molar-refractivity contribution is -0.139. The van der Waals surface area contributed by atoms with Crippen LogP contribution in [-0.2, 0) is 9.59 Å². The highest BCUT2D eigenvalue weighted by molar-refractivity contribution is 6.46. The van der Waals surface area contributed by atoms with Crippen molar-refractivity contribution in [1.29, 1.82) is 0 Å². The van der Waals surface area contributed by atoms with Gasteiger partial charge in [-0.3, -0.25) is 9.59 Å². The summed E-state index contributed by atoms with van der Waals surface area (Å²) in [5.74, 6) is -1.20. The van der Waals surface area contributed by atoms with E-state index in [9.17, 15) is 14.7 Å². The van der Waals surface area contributed by atoms with Gasteiger partial charge in [0, 0.05) is 11.6 Å². The van der Waals surface area contributed by atoms with Crippen molar-refractivity contribution in [3.05, 3.63) is 69.8 Å². The van der Waals surface area contributed by atoms with Gasteiger partial charge in [-0.05, 0) is 37.1 Å². The Bertz CT molecular complexity index is 998. The molecule has 30 heavy (non-hydrogen) atoms. The fourth-order valence-electron chi connectivity index (χ4n) is 3.84. The largest absolute Gasteiger partial charge is 0.507 e. The number of amides is 1. The number of ketones is 1. The topological polar surface area (TPSA) is 66.8 Å². The Labute approximate surface area is 181 Å². The van der Waals surface area contributed by atoms with E-state index in [-0.39, 0.29) is 16.9 Å². The standard InChI is InChI=1S/C24H26ClNO4/c1-4-5-6-12-26-21(16-9-7-8-15(2)13-16)20(23(28)24(26)29)22(27)18-14-17(25)10-11-19(18)30-3/h7-11,13-14,21,27H,4-6,12H2,1-3H3/b22-20+. The van der Waals surface area contributed by atoms with Gasteiger partial charge in [0.2, 0.25) is 0 Å². The number of hydrogen-bond acceptors (Lipinski definition) is 4. The molecule has 6 heteroatoms. The molecule has 2 aromatic carbocycles. The minimum absolute atomic E-state index is 0.0580. The Morgan fingerprint density at radius 1 is 1.17 bits per heavy atom. The van der Waals surface area contributed by atoms with Crippen molar-refractivity contribution in [3.63, 3.8) is 0 Å². The maximum atomic E-state index is 13.0. The van der Waals surface area contributed by atoms with Gasteiger partial charge in [-0.1, -0.05) is 61.2 Å². The molecule has 1 unspecified atom stereocenters. The average molecular weight is 428 g/mol. The van der Waals surface area contributed by atoms with Gasteiger partial charge in [0.25, 0.3) is 11.7 Å². The molecule has 0 aromatic heterocycles. The van der Waals surface area contributed by atoms with E-state index in [4.69, 9.17) is 16.3 Å². The number of aliphatic hydroxyl groups is 1. The monoisotopic (exact) mass is 427 g/mol. The third-order valence-corrected chi connectivity index (χ3v) is 5.55. The lowest BCUT2D eigenvalue weighted by Gasteiger charge is -2.25. The van der Waals surface area contributed by atoms with Gasteiger partial charge < -0.3 is 14.7 Å². The summed E-state index contributed by atoms with van der Waals surface area (Å²) in [7, 11) is 1.47. The molecule has 0 saturated carbocycles. The van der Waals surface area contributed by atoms with Crippen LogP contribution in [0.1, 0.15) is 48.9 Å². The Morgan fingerprint density at radius 2 is 1.93 bits per heavy atom. The van der Waals surface area contributed by atoms with Crippen molar-refractivity contribution in [3.8, 4) is 5.75 Å². The number of carbonyl (C=O) groups excluding carboxylic acids is 2. The summed E-state index contributed by atoms with van der Waals surface area (Å²) in [5, 5.41) is 11.6. The van der Waals surface area contributed by atoms with Crippen molar-refractivity contribution in [1.82, 2.24) is 4.90 Å². The molecular weight excluding hydrogens is 402 g/mol. The number of carbonyl (C=O) groups is 2. The number of rotatable bonds is 7. The van der Waals surface area contributed by atoms with Gasteiger partial charge in [0.1, 0.15) is 11.5 Å². The molecule has 0 bridgehead atoms. The van der Waals surface area contributed by atoms with Gasteiger partial charge in [0.15, 0.2) is 0 Å². The second-order valence-corrected chi connectivity index (χ2v) is 7.89. The minimum Gasteiger partial charge on any atom is -0.507 e. The van der Waals surface area contributed by atoms with E-state index < -0.39 is 17.7 Å². The van der Waals surface area contributed by atoms with Crippen LogP contribution in [0.4, 0.5) is 0 Å². The number of ether oxygens (including phenoxy) is 1. The second kappa shape index (κ2) is 9.35. The van der Waals surface area contributed by atoms with Crippen molar-refractivity contribution in [2.45, 2.75) is 39.2 Å². The number of likely N-dealkylation sites (tertiary alicyclic amines) is 1. The fourth-order valence-corrected chi connectivity index (χ4v) is 4.01. The molecule has 1 aliphatic heterocycles. The molecular formula is C24H26ClNO4. The first kappa shape index (κ1) is 21.9. The molecule has 0 radical (unpaired) electrons. The molecule has 1 fully saturated rings. The predicted octanol–water partition coefficient (Wildman–Crippen LogP) is 5.27. The Hall–Kier alpha value is -2.79. The normalized spacial score (nSPS) is 18.1. The SMILES string of the molecule is CCCCCN1C(=O)C(=O)/C(=C(/O)c2cc(Cl)ccc2OC)C1c1cccc(C)c1. The third-order valence-electron chi connectivity index (χ3n) is 5.32. The van der Waals surface area contributed by atoms with Crippen molar-refractivity contribution in [2.24, 2.45) is 0 Å². The molecule has 158 valence electrons. The molecule has 1 atom stereocenters. The number of benzene rings is 2. The fraction of sp³-hybridized carbons (Fsp3) is 0.333. The van der Waals surface area contributed by atoms with Gasteiger partial charge in [-0.2, -0.15) is 0 Å². The summed E-state index contributed by atoms with van der Waals surface area (Å²) in [5.41, 5.74) is 2.14. The zero-order chi connectivity index (χ0) is 21.8. The van der Waals surface area contributed by atoms with Crippen LogP contribution < -0.4 is 4.74 Å². The molecule has 1 N–H and O–H groups in total. The number of halogens is 1. The number of unbranched alkanes of at least 4 members (excludes halogenated alkanes) is 2. The lowest BCUT2D eigenvalue weighted by Crippen LogP contribution is -2.30. The Balaban J connectivity index is 2.19. The summed E-state index contributed by atoms with van der Waals surface area (Å²) >= 11 is 6.13. The van der Waals surface area contributed by atoms with Gasteiger partial charge in [-0.15, -0.1) is 0 Å². The number of nitrogens with zero attached hydrogens (tertiary/aromatic N) is 1. The molecule has 1 saturated heterocycles. The van der Waals surface area contributed by atoms with E-state index in [0.29, 0.717) is 17.3 Å². The summed E-state index contributed by atoms with van der Waals surface area (Å²) in [6.45, 7) is 4.48. The zero-order valence-electron chi connectivity index (χ0n) is 17.4. The van der Waals surface area contributed by atoms with Crippen LogP contribution in [-0.4, -0.2) is 35.4 Å². The number of methoxy groups -OCH3 is 1. The molecule has 1 amide bonds. The summed E-state index contributed by atoms with van der Waals surface area (Å²) in [6, 6.07) is 11.8. The smallest absolute Gasteiger partial charge is 0.295 e. The average Bonchev–Trinajstić information content (AvgIpc) is 2.98. The number of Topliss-reactive ketones (excluding diaryl/α,β-unsaturated/α-hetero) is 1. The summed E-state index contributed by atoms with van der Waals surface area (Å²) in [4.78, 5) is 27.5. The molecule has 2 aromatic rings. The van der Waals surface area contributed by atoms with Crippen LogP contribution in [0.15, 0.2) is 48.0 Å². The molecule has 3 rings (SSSR count). The molecule has 5 nitrogen and oxygen atoms in total. The van der Waals surface area contributed by atoms with E-state index in [0.717, 1.165) is 30.4 Å². The molecule has 1 aliphatic rings. The van der Waals surface area contributed by atoms with Gasteiger partial charge in [-0.25, -0.2) is 0 Å². The first-order valence-corrected chi connectivity index (χ1v) is 10.5. The van der Waals surface area contributed by atoms with Gasteiger partial charge >= 0.3 is 0 Å². The first-order chi connectivity index (χ1) is 14.4. The van der Waals surface area contributed by atoms with Crippen LogP contribution >= 0.6 is 11.6 Å². The predicted molar refractivity (Wildman–Crippen MR) is 118 cm³/mol. The van der Waals surface area contributed by atoms with Crippen LogP contribution in [0.25, 0.3) is 5.76 Å². The maximum absolute atomic E-state index is 13.0. The summed E-state index contributed by atoms with van der Waals surface area (Å²) < 4.78 is 5.35. The maximum Gasteiger partial charge on any atom is 0.295 e. The highest BCUT2D eigenvalue weighted by Gasteiger charge is 2.46. The minimum atomic E-state index is -0.697. The third kappa shape index (κ3) is 4.21. The second-order valence-electron chi connectivity index (χ2n) is 7.46. The molecule has 0 spiro atoms. The summed E-state index contributed by atoms with van der Waals surface area (Å²) in [6.07, 6.45) is 2.73. The zero-order valence-corrected chi connectivity index (χ0v) is 18.2. The number of aryl methyl sites for hydroxylation is 1. The van der Waals surface area contributed by atoms with Crippen molar-refractivity contribution >= 4 is 29.1 Å². The van der Waals surface area contributed by atoms with Crippen molar-refractivity contribution in [2.75, 3.05) is 13.7 Å². The van der Waals surface area contributed by atoms with E-state index in [1.54, 1.807) is 17.0 Å². The van der Waals surface area contributed by atoms with Crippen LogP contribution in [0.3, 0.4) is 0 Å². The van der Waals surface area contributed by atoms with E-state index in [1.165, 1.54) is 13.2 Å². The van der Waals surface area contributed by atoms with Crippen molar-refractivity contribution < 1.29 is 19.4 Å². The quantitative estimate of drug-likeness (QED) is 0.283. The highest BCUT2D eigenvalue weighted by Crippen LogP contribution is 2.41. The number of aliphatic hydroxyl groups excluding tert-OH is 1. The van der Waals surface area contributed by atoms with E-state index in [1.807, 2.05) is 31.2 Å². The lowest BCUT2D eigenvalue weighted by atomic mass is 9.94. The Kier molecular flexibility index (Phi) is 6.83. The van der Waals surface area contributed by atoms with Crippen LogP contribution in [0.2, 0.25) is 5.02 Å². The van der Waals surface area contributed by atoms with E-state index >= 15 is 0 Å². The molecule has 0 aliphatic carbocycles. The Morgan fingerprint density at radius 3 is 2.60 bits per heavy atom. The highest BCUT2D eigenvalue weighted by atomic mass is 35.5. The number of hydrogen-bond donors (Lipinski definition) is 1. The van der Waals surface area contributed by atoms with Gasteiger partial charge in [0.05, 0.1) is 24.3 Å². The first-order valence-electron chi connectivity index (χ1n) is 10.1. The molecule has 1 heterocycles. The van der Waals surface area contributed by atoms with E-state index in [2.05, 4.69) is 6.92 Å². The van der Waals surface area contributed by atoms with Crippen LogP contribution in [0, 0.1) is 6.92 Å².